The van der Waals surface area contributed by atoms with Gasteiger partial charge in [0, 0.05) is 18.9 Å². The van der Waals surface area contributed by atoms with Gasteiger partial charge in [-0.2, -0.15) is 0 Å². The van der Waals surface area contributed by atoms with E-state index < -0.39 is 5.91 Å². The second-order valence-electron chi connectivity index (χ2n) is 7.17. The fourth-order valence-electron chi connectivity index (χ4n) is 3.99. The molecule has 6 nitrogen and oxygen atoms in total. The Labute approximate surface area is 161 Å². The lowest BCUT2D eigenvalue weighted by atomic mass is 9.79. The van der Waals surface area contributed by atoms with E-state index in [9.17, 15) is 14.4 Å². The van der Waals surface area contributed by atoms with Crippen LogP contribution < -0.4 is 0 Å². The van der Waals surface area contributed by atoms with Crippen LogP contribution in [0.1, 0.15) is 49.5 Å². The molecular formula is C20H22N2O4S. The summed E-state index contributed by atoms with van der Waals surface area (Å²) in [6.45, 7) is 0.0701. The average molecular weight is 386 g/mol. The van der Waals surface area contributed by atoms with Crippen molar-refractivity contribution in [1.29, 1.82) is 0 Å². The Hall–Kier alpha value is -2.28. The number of hydrogen-bond donors (Lipinski definition) is 0. The molecule has 0 unspecified atom stereocenters. The molecule has 0 N–H and O–H groups in total. The van der Waals surface area contributed by atoms with Crippen molar-refractivity contribution in [2.75, 3.05) is 13.2 Å². The molecule has 1 aromatic carbocycles. The summed E-state index contributed by atoms with van der Waals surface area (Å²) in [6, 6.07) is 7.97. The number of thiazole rings is 1. The van der Waals surface area contributed by atoms with E-state index in [-0.39, 0.29) is 30.3 Å². The van der Waals surface area contributed by atoms with E-state index in [0.717, 1.165) is 40.9 Å². The lowest BCUT2D eigenvalue weighted by Crippen LogP contribution is -2.37. The molecule has 2 fully saturated rings. The average Bonchev–Trinajstić information content (AvgIpc) is 3.31. The van der Waals surface area contributed by atoms with Crippen molar-refractivity contribution < 1.29 is 19.1 Å². The Balaban J connectivity index is 1.44. The fourth-order valence-corrected chi connectivity index (χ4v) is 5.15. The van der Waals surface area contributed by atoms with Gasteiger partial charge in [0.25, 0.3) is 5.91 Å². The maximum atomic E-state index is 12.7. The van der Waals surface area contributed by atoms with Crippen LogP contribution in [0, 0.1) is 5.92 Å². The van der Waals surface area contributed by atoms with E-state index in [0.29, 0.717) is 19.4 Å². The second kappa shape index (κ2) is 7.76. The summed E-state index contributed by atoms with van der Waals surface area (Å²) in [5.74, 6) is -1.19. The summed E-state index contributed by atoms with van der Waals surface area (Å²) < 4.78 is 6.44. The van der Waals surface area contributed by atoms with E-state index in [4.69, 9.17) is 9.72 Å². The Morgan fingerprint density at radius 2 is 2.00 bits per heavy atom. The number of carbonyl (C=O) groups excluding carboxylic acids is 3. The maximum Gasteiger partial charge on any atom is 0.310 e. The molecule has 1 saturated heterocycles. The third-order valence-corrected chi connectivity index (χ3v) is 6.58. The molecule has 4 rings (SSSR count). The SMILES string of the molecule is O=C(OCC(=O)N1CCCC1=O)[C@@H]1CCCC[C@H]1c1nc2ccccc2s1. The first-order chi connectivity index (χ1) is 13.1. The van der Waals surface area contributed by atoms with Gasteiger partial charge in [0.15, 0.2) is 6.61 Å². The molecular weight excluding hydrogens is 364 g/mol. The molecule has 7 heteroatoms. The van der Waals surface area contributed by atoms with Crippen LogP contribution in [-0.2, 0) is 19.1 Å². The van der Waals surface area contributed by atoms with Gasteiger partial charge in [0.05, 0.1) is 21.1 Å². The Morgan fingerprint density at radius 3 is 2.78 bits per heavy atom. The number of ether oxygens (including phenoxy) is 1. The Bertz CT molecular complexity index is 845. The highest BCUT2D eigenvalue weighted by atomic mass is 32.1. The summed E-state index contributed by atoms with van der Waals surface area (Å²) in [4.78, 5) is 42.4. The quantitative estimate of drug-likeness (QED) is 0.754. The van der Waals surface area contributed by atoms with Gasteiger partial charge in [-0.05, 0) is 31.4 Å². The predicted octanol–water partition coefficient (Wildman–Crippen LogP) is 3.26. The van der Waals surface area contributed by atoms with Crippen LogP contribution in [0.5, 0.6) is 0 Å². The monoisotopic (exact) mass is 386 g/mol. The zero-order valence-electron chi connectivity index (χ0n) is 15.1. The molecule has 1 saturated carbocycles. The molecule has 2 aromatic rings. The van der Waals surface area contributed by atoms with Crippen molar-refractivity contribution in [1.82, 2.24) is 9.88 Å². The van der Waals surface area contributed by atoms with E-state index >= 15 is 0 Å². The normalized spacial score (nSPS) is 23.0. The van der Waals surface area contributed by atoms with Crippen LogP contribution in [0.15, 0.2) is 24.3 Å². The molecule has 1 aliphatic carbocycles. The largest absolute Gasteiger partial charge is 0.455 e. The minimum absolute atomic E-state index is 0.0344. The third-order valence-electron chi connectivity index (χ3n) is 5.41. The standard InChI is InChI=1S/C20H22N2O4S/c23-17-10-5-11-22(17)18(24)12-26-20(25)14-7-2-1-6-13(14)19-21-15-8-3-4-9-16(15)27-19/h3-4,8-9,13-14H,1-2,5-7,10-12H2/t13-,14-/m1/s1. The van der Waals surface area contributed by atoms with Crippen LogP contribution in [0.2, 0.25) is 0 Å². The number of esters is 1. The van der Waals surface area contributed by atoms with Gasteiger partial charge in [-0.15, -0.1) is 11.3 Å². The molecule has 2 heterocycles. The maximum absolute atomic E-state index is 12.7. The van der Waals surface area contributed by atoms with Crippen molar-refractivity contribution >= 4 is 39.3 Å². The summed E-state index contributed by atoms with van der Waals surface area (Å²) in [5.41, 5.74) is 0.956. The van der Waals surface area contributed by atoms with E-state index in [2.05, 4.69) is 0 Å². The zero-order valence-corrected chi connectivity index (χ0v) is 15.9. The molecule has 0 radical (unpaired) electrons. The van der Waals surface area contributed by atoms with Gasteiger partial charge < -0.3 is 4.74 Å². The first kappa shape index (κ1) is 18.1. The second-order valence-corrected chi connectivity index (χ2v) is 8.23. The lowest BCUT2D eigenvalue weighted by molar-refractivity contribution is -0.158. The summed E-state index contributed by atoms with van der Waals surface area (Å²) in [6.07, 6.45) is 4.75. The zero-order chi connectivity index (χ0) is 18.8. The number of fused-ring (bicyclic) bond motifs is 1. The van der Waals surface area contributed by atoms with Crippen LogP contribution in [0.4, 0.5) is 0 Å². The van der Waals surface area contributed by atoms with Gasteiger partial charge in [0.2, 0.25) is 5.91 Å². The van der Waals surface area contributed by atoms with Crippen molar-refractivity contribution in [3.63, 3.8) is 0 Å². The van der Waals surface area contributed by atoms with Gasteiger partial charge in [-0.3, -0.25) is 19.3 Å². The Morgan fingerprint density at radius 1 is 1.19 bits per heavy atom. The number of imide groups is 1. The molecule has 1 aromatic heterocycles. The molecule has 0 spiro atoms. The topological polar surface area (TPSA) is 76.6 Å². The summed E-state index contributed by atoms with van der Waals surface area (Å²) >= 11 is 1.63. The number of likely N-dealkylation sites (tertiary alicyclic amines) is 1. The minimum atomic E-state index is -0.418. The number of carbonyl (C=O) groups is 3. The summed E-state index contributed by atoms with van der Waals surface area (Å²) in [5, 5.41) is 0.971. The lowest BCUT2D eigenvalue weighted by Gasteiger charge is -2.28. The Kier molecular flexibility index (Phi) is 5.20. The van der Waals surface area contributed by atoms with Crippen LogP contribution in [0.25, 0.3) is 10.2 Å². The van der Waals surface area contributed by atoms with E-state index in [1.54, 1.807) is 11.3 Å². The third kappa shape index (κ3) is 3.74. The van der Waals surface area contributed by atoms with Crippen LogP contribution >= 0.6 is 11.3 Å². The van der Waals surface area contributed by atoms with E-state index in [1.807, 2.05) is 24.3 Å². The molecule has 2 atom stereocenters. The van der Waals surface area contributed by atoms with E-state index in [1.165, 1.54) is 4.90 Å². The smallest absolute Gasteiger partial charge is 0.310 e. The predicted molar refractivity (Wildman–Crippen MR) is 101 cm³/mol. The molecule has 27 heavy (non-hydrogen) atoms. The van der Waals surface area contributed by atoms with Gasteiger partial charge in [-0.25, -0.2) is 4.98 Å². The van der Waals surface area contributed by atoms with Gasteiger partial charge >= 0.3 is 5.97 Å². The van der Waals surface area contributed by atoms with Crippen molar-refractivity contribution in [2.24, 2.45) is 5.92 Å². The number of amides is 2. The molecule has 0 bridgehead atoms. The summed E-state index contributed by atoms with van der Waals surface area (Å²) in [7, 11) is 0. The van der Waals surface area contributed by atoms with Crippen LogP contribution in [-0.4, -0.2) is 40.8 Å². The van der Waals surface area contributed by atoms with Crippen LogP contribution in [0.3, 0.4) is 0 Å². The minimum Gasteiger partial charge on any atom is -0.455 e. The molecule has 2 amide bonds. The first-order valence-corrected chi connectivity index (χ1v) is 10.3. The van der Waals surface area contributed by atoms with Crippen molar-refractivity contribution in [2.45, 2.75) is 44.4 Å². The van der Waals surface area contributed by atoms with Crippen molar-refractivity contribution in [3.8, 4) is 0 Å². The first-order valence-electron chi connectivity index (χ1n) is 9.49. The molecule has 142 valence electrons. The number of para-hydroxylation sites is 1. The highest BCUT2D eigenvalue weighted by Crippen LogP contribution is 2.41. The fraction of sp³-hybridized carbons (Fsp3) is 0.500. The highest BCUT2D eigenvalue weighted by molar-refractivity contribution is 7.18. The number of hydrogen-bond acceptors (Lipinski definition) is 6. The highest BCUT2D eigenvalue weighted by Gasteiger charge is 2.36. The van der Waals surface area contributed by atoms with Gasteiger partial charge in [-0.1, -0.05) is 25.0 Å². The number of aromatic nitrogens is 1. The van der Waals surface area contributed by atoms with Gasteiger partial charge in [0.1, 0.15) is 0 Å². The number of rotatable bonds is 4. The number of nitrogens with zero attached hydrogens (tertiary/aromatic N) is 2. The molecule has 2 aliphatic rings. The number of benzene rings is 1. The molecule has 1 aliphatic heterocycles. The van der Waals surface area contributed by atoms with Crippen molar-refractivity contribution in [3.05, 3.63) is 29.3 Å².